The first kappa shape index (κ1) is 17.4. The minimum absolute atomic E-state index is 0.249. The fourth-order valence-corrected chi connectivity index (χ4v) is 3.16. The number of likely N-dealkylation sites (tertiary alicyclic amines) is 1. The summed E-state index contributed by atoms with van der Waals surface area (Å²) in [6.45, 7) is 3.54. The van der Waals surface area contributed by atoms with Crippen LogP contribution in [0.4, 0.5) is 0 Å². The van der Waals surface area contributed by atoms with Crippen LogP contribution in [-0.2, 0) is 4.79 Å². The van der Waals surface area contributed by atoms with Crippen LogP contribution in [0.2, 0.25) is 10.0 Å². The number of rotatable bonds is 7. The maximum atomic E-state index is 10.5. The van der Waals surface area contributed by atoms with Crippen LogP contribution in [0.25, 0.3) is 0 Å². The van der Waals surface area contributed by atoms with Crippen LogP contribution in [0.15, 0.2) is 18.2 Å². The fourth-order valence-electron chi connectivity index (χ4n) is 2.66. The highest BCUT2D eigenvalue weighted by molar-refractivity contribution is 6.34. The Morgan fingerprint density at radius 3 is 2.45 bits per heavy atom. The van der Waals surface area contributed by atoms with Crippen LogP contribution < -0.4 is 4.74 Å². The van der Waals surface area contributed by atoms with E-state index in [-0.39, 0.29) is 6.42 Å². The van der Waals surface area contributed by atoms with Crippen molar-refractivity contribution in [2.45, 2.75) is 25.7 Å². The van der Waals surface area contributed by atoms with Gasteiger partial charge in [0.05, 0.1) is 6.61 Å². The Hall–Kier alpha value is -0.970. The molecule has 0 unspecified atom stereocenters. The number of carboxylic acid groups (broad SMARTS) is 1. The number of hydrogen-bond donors (Lipinski definition) is 1. The van der Waals surface area contributed by atoms with Crippen LogP contribution in [0.1, 0.15) is 25.7 Å². The molecule has 1 N–H and O–H groups in total. The van der Waals surface area contributed by atoms with Crippen LogP contribution >= 0.6 is 23.2 Å². The first-order valence-electron chi connectivity index (χ1n) is 7.56. The monoisotopic (exact) mass is 345 g/mol. The van der Waals surface area contributed by atoms with Crippen molar-refractivity contribution in [2.24, 2.45) is 5.92 Å². The summed E-state index contributed by atoms with van der Waals surface area (Å²) in [5, 5.41) is 9.81. The van der Waals surface area contributed by atoms with Gasteiger partial charge in [0.25, 0.3) is 0 Å². The van der Waals surface area contributed by atoms with Gasteiger partial charge in [-0.1, -0.05) is 23.2 Å². The van der Waals surface area contributed by atoms with E-state index in [2.05, 4.69) is 4.90 Å². The molecule has 1 saturated heterocycles. The van der Waals surface area contributed by atoms with E-state index in [1.165, 1.54) is 0 Å². The lowest BCUT2D eigenvalue weighted by molar-refractivity contribution is -0.137. The average Bonchev–Trinajstić information content (AvgIpc) is 2.45. The van der Waals surface area contributed by atoms with Crippen molar-refractivity contribution in [1.82, 2.24) is 4.90 Å². The summed E-state index contributed by atoms with van der Waals surface area (Å²) in [5.41, 5.74) is 0. The Balaban J connectivity index is 1.68. The topological polar surface area (TPSA) is 49.8 Å². The van der Waals surface area contributed by atoms with Gasteiger partial charge < -0.3 is 14.7 Å². The quantitative estimate of drug-likeness (QED) is 0.812. The molecule has 2 rings (SSSR count). The lowest BCUT2D eigenvalue weighted by Gasteiger charge is -2.31. The maximum absolute atomic E-state index is 10.5. The SMILES string of the molecule is O=C(O)CCCN1CCC(COc2cc(Cl)cc(Cl)c2)CC1. The summed E-state index contributed by atoms with van der Waals surface area (Å²) in [5.74, 6) is 0.512. The van der Waals surface area contributed by atoms with Crippen molar-refractivity contribution in [3.63, 3.8) is 0 Å². The van der Waals surface area contributed by atoms with E-state index >= 15 is 0 Å². The van der Waals surface area contributed by atoms with Crippen LogP contribution in [-0.4, -0.2) is 42.2 Å². The Morgan fingerprint density at radius 2 is 1.86 bits per heavy atom. The first-order valence-corrected chi connectivity index (χ1v) is 8.31. The van der Waals surface area contributed by atoms with Crippen LogP contribution in [0.5, 0.6) is 5.75 Å². The molecule has 0 bridgehead atoms. The third kappa shape index (κ3) is 6.03. The van der Waals surface area contributed by atoms with Gasteiger partial charge in [-0.3, -0.25) is 4.79 Å². The number of carboxylic acids is 1. The highest BCUT2D eigenvalue weighted by Crippen LogP contribution is 2.26. The van der Waals surface area contributed by atoms with Gasteiger partial charge in [-0.05, 0) is 63.0 Å². The molecule has 22 heavy (non-hydrogen) atoms. The summed E-state index contributed by atoms with van der Waals surface area (Å²) in [4.78, 5) is 12.8. The summed E-state index contributed by atoms with van der Waals surface area (Å²) < 4.78 is 5.79. The van der Waals surface area contributed by atoms with E-state index in [0.29, 0.717) is 28.3 Å². The molecule has 1 aromatic carbocycles. The minimum atomic E-state index is -0.719. The van der Waals surface area contributed by atoms with Gasteiger partial charge in [0.15, 0.2) is 0 Å². The van der Waals surface area contributed by atoms with E-state index in [4.69, 9.17) is 33.0 Å². The van der Waals surface area contributed by atoms with Crippen molar-refractivity contribution < 1.29 is 14.6 Å². The summed E-state index contributed by atoms with van der Waals surface area (Å²) in [6.07, 6.45) is 3.11. The molecule has 0 amide bonds. The number of ether oxygens (including phenoxy) is 1. The van der Waals surface area contributed by atoms with Crippen molar-refractivity contribution >= 4 is 29.2 Å². The van der Waals surface area contributed by atoms with E-state index < -0.39 is 5.97 Å². The Labute approximate surface area is 141 Å². The molecular formula is C16H21Cl2NO3. The number of nitrogens with zero attached hydrogens (tertiary/aromatic N) is 1. The third-order valence-corrected chi connectivity index (χ3v) is 4.33. The Morgan fingerprint density at radius 1 is 1.23 bits per heavy atom. The van der Waals surface area contributed by atoms with Crippen molar-refractivity contribution in [1.29, 1.82) is 0 Å². The van der Waals surface area contributed by atoms with Gasteiger partial charge >= 0.3 is 5.97 Å². The standard InChI is InChI=1S/C16H21Cl2NO3/c17-13-8-14(18)10-15(9-13)22-11-12-3-6-19(7-4-12)5-1-2-16(20)21/h8-10,12H,1-7,11H2,(H,20,21). The third-order valence-electron chi connectivity index (χ3n) is 3.89. The Bertz CT molecular complexity index is 482. The second-order valence-corrected chi connectivity index (χ2v) is 6.57. The molecule has 4 nitrogen and oxygen atoms in total. The zero-order valence-electron chi connectivity index (χ0n) is 12.4. The van der Waals surface area contributed by atoms with Gasteiger partial charge in [0.2, 0.25) is 0 Å². The zero-order chi connectivity index (χ0) is 15.9. The number of benzene rings is 1. The molecule has 0 saturated carbocycles. The normalized spacial score (nSPS) is 16.6. The molecule has 1 aliphatic heterocycles. The van der Waals surface area contributed by atoms with E-state index in [9.17, 15) is 4.79 Å². The number of piperidine rings is 1. The van der Waals surface area contributed by atoms with E-state index in [1.807, 2.05) is 0 Å². The summed E-state index contributed by atoms with van der Waals surface area (Å²) >= 11 is 11.9. The molecule has 0 aromatic heterocycles. The second kappa shape index (κ2) is 8.61. The molecule has 0 aliphatic carbocycles. The van der Waals surface area contributed by atoms with E-state index in [1.54, 1.807) is 18.2 Å². The highest BCUT2D eigenvalue weighted by Gasteiger charge is 2.19. The molecule has 122 valence electrons. The van der Waals surface area contributed by atoms with Crippen molar-refractivity contribution in [2.75, 3.05) is 26.2 Å². The lowest BCUT2D eigenvalue weighted by Crippen LogP contribution is -2.36. The molecule has 6 heteroatoms. The van der Waals surface area contributed by atoms with Gasteiger partial charge in [0, 0.05) is 16.5 Å². The van der Waals surface area contributed by atoms with Crippen LogP contribution in [0, 0.1) is 5.92 Å². The largest absolute Gasteiger partial charge is 0.493 e. The maximum Gasteiger partial charge on any atom is 0.303 e. The number of hydrogen-bond acceptors (Lipinski definition) is 3. The predicted octanol–water partition coefficient (Wildman–Crippen LogP) is 3.95. The van der Waals surface area contributed by atoms with Crippen molar-refractivity contribution in [3.8, 4) is 5.75 Å². The summed E-state index contributed by atoms with van der Waals surface area (Å²) in [7, 11) is 0. The molecule has 0 atom stereocenters. The molecule has 1 fully saturated rings. The molecule has 0 radical (unpaired) electrons. The van der Waals surface area contributed by atoms with Gasteiger partial charge in [-0.25, -0.2) is 0 Å². The highest BCUT2D eigenvalue weighted by atomic mass is 35.5. The molecule has 1 heterocycles. The van der Waals surface area contributed by atoms with Gasteiger partial charge in [-0.2, -0.15) is 0 Å². The second-order valence-electron chi connectivity index (χ2n) is 5.70. The number of halogens is 2. The summed E-state index contributed by atoms with van der Waals surface area (Å²) in [6, 6.07) is 5.23. The van der Waals surface area contributed by atoms with Gasteiger partial charge in [-0.15, -0.1) is 0 Å². The number of carbonyl (C=O) groups is 1. The molecule has 0 spiro atoms. The first-order chi connectivity index (χ1) is 10.5. The van der Waals surface area contributed by atoms with Crippen molar-refractivity contribution in [3.05, 3.63) is 28.2 Å². The lowest BCUT2D eigenvalue weighted by atomic mass is 9.97. The fraction of sp³-hybridized carbons (Fsp3) is 0.562. The Kier molecular flexibility index (Phi) is 6.80. The predicted molar refractivity (Wildman–Crippen MR) is 88.0 cm³/mol. The zero-order valence-corrected chi connectivity index (χ0v) is 13.9. The molecular weight excluding hydrogens is 325 g/mol. The molecule has 1 aromatic rings. The number of aliphatic carboxylic acids is 1. The average molecular weight is 346 g/mol. The molecule has 1 aliphatic rings. The smallest absolute Gasteiger partial charge is 0.303 e. The van der Waals surface area contributed by atoms with Crippen LogP contribution in [0.3, 0.4) is 0 Å². The van der Waals surface area contributed by atoms with E-state index in [0.717, 1.165) is 38.9 Å². The van der Waals surface area contributed by atoms with Gasteiger partial charge in [0.1, 0.15) is 5.75 Å². The minimum Gasteiger partial charge on any atom is -0.493 e.